The van der Waals surface area contributed by atoms with E-state index in [0.29, 0.717) is 11.1 Å². The summed E-state index contributed by atoms with van der Waals surface area (Å²) >= 11 is 0. The smallest absolute Gasteiger partial charge is 0.204 e. The highest BCUT2D eigenvalue weighted by Crippen LogP contribution is 2.48. The number of hydrogen-bond acceptors (Lipinski definition) is 10. The standard InChI is InChI=1S/C26H22O10/c1-32-19-5-12(3-4-15(19)29)25-23(11-27)36-26-21(33-2)6-13(7-22(26)35-25)18-10-17(31)24-16(30)8-14(28)9-20(24)34-18/h3-10,23,25,27-30H,11H2,1-2H3. The lowest BCUT2D eigenvalue weighted by molar-refractivity contribution is -0.0141. The molecule has 10 heteroatoms. The molecule has 10 nitrogen and oxygen atoms in total. The van der Waals surface area contributed by atoms with Crippen LogP contribution in [0.4, 0.5) is 0 Å². The molecule has 0 fully saturated rings. The van der Waals surface area contributed by atoms with Gasteiger partial charge in [-0.05, 0) is 24.3 Å². The summed E-state index contributed by atoms with van der Waals surface area (Å²) in [6.45, 7) is -0.370. The third-order valence-corrected chi connectivity index (χ3v) is 5.89. The van der Waals surface area contributed by atoms with Gasteiger partial charge >= 0.3 is 0 Å². The Morgan fingerprint density at radius 2 is 1.67 bits per heavy atom. The highest BCUT2D eigenvalue weighted by Gasteiger charge is 2.35. The molecule has 0 saturated heterocycles. The van der Waals surface area contributed by atoms with Crippen molar-refractivity contribution in [3.8, 4) is 51.6 Å². The lowest BCUT2D eigenvalue weighted by atomic mass is 10.0. The summed E-state index contributed by atoms with van der Waals surface area (Å²) in [7, 11) is 2.85. The molecule has 0 saturated carbocycles. The van der Waals surface area contributed by atoms with Crippen molar-refractivity contribution in [1.82, 2.24) is 0 Å². The predicted molar refractivity (Wildman–Crippen MR) is 127 cm³/mol. The molecule has 2 heterocycles. The van der Waals surface area contributed by atoms with E-state index in [-0.39, 0.29) is 57.8 Å². The molecule has 4 N–H and O–H groups in total. The lowest BCUT2D eigenvalue weighted by Crippen LogP contribution is -2.36. The van der Waals surface area contributed by atoms with Crippen molar-refractivity contribution < 1.29 is 43.8 Å². The molecule has 186 valence electrons. The number of phenolic OH excluding ortho intramolecular Hbond substituents is 3. The van der Waals surface area contributed by atoms with Crippen LogP contribution in [0.15, 0.2) is 57.7 Å². The minimum Gasteiger partial charge on any atom is -0.508 e. The van der Waals surface area contributed by atoms with Gasteiger partial charge in [0, 0.05) is 29.3 Å². The summed E-state index contributed by atoms with van der Waals surface area (Å²) in [5.74, 6) is 0.432. The second-order valence-corrected chi connectivity index (χ2v) is 8.13. The van der Waals surface area contributed by atoms with E-state index in [1.165, 1.54) is 32.4 Å². The largest absolute Gasteiger partial charge is 0.508 e. The number of ether oxygens (including phenoxy) is 4. The number of aliphatic hydroxyl groups excluding tert-OH is 1. The summed E-state index contributed by atoms with van der Waals surface area (Å²) in [4.78, 5) is 12.7. The van der Waals surface area contributed by atoms with E-state index in [9.17, 15) is 25.2 Å². The van der Waals surface area contributed by atoms with E-state index in [1.54, 1.807) is 24.3 Å². The Morgan fingerprint density at radius 1 is 0.889 bits per heavy atom. The molecule has 36 heavy (non-hydrogen) atoms. The SMILES string of the molecule is COc1cc(C2Oc3cc(-c4cc(=O)c5c(O)cc(O)cc5o4)cc(OC)c3OC2CO)ccc1O. The molecular formula is C26H22O10. The van der Waals surface area contributed by atoms with Crippen molar-refractivity contribution in [2.75, 3.05) is 20.8 Å². The Balaban J connectivity index is 1.62. The fourth-order valence-electron chi connectivity index (χ4n) is 4.18. The number of fused-ring (bicyclic) bond motifs is 2. The van der Waals surface area contributed by atoms with Crippen LogP contribution in [0.2, 0.25) is 0 Å². The average Bonchev–Trinajstić information content (AvgIpc) is 2.86. The normalized spacial score (nSPS) is 16.6. The Kier molecular flexibility index (Phi) is 5.73. The van der Waals surface area contributed by atoms with Crippen molar-refractivity contribution in [2.45, 2.75) is 12.2 Å². The first-order valence-corrected chi connectivity index (χ1v) is 10.9. The first-order valence-electron chi connectivity index (χ1n) is 10.9. The number of rotatable bonds is 5. The molecule has 4 aromatic rings. The molecular weight excluding hydrogens is 472 g/mol. The lowest BCUT2D eigenvalue weighted by Gasteiger charge is -2.34. The summed E-state index contributed by atoms with van der Waals surface area (Å²) in [5.41, 5.74) is 0.479. The molecule has 3 aromatic carbocycles. The van der Waals surface area contributed by atoms with Crippen LogP contribution in [0, 0.1) is 0 Å². The van der Waals surface area contributed by atoms with Gasteiger partial charge in [-0.1, -0.05) is 6.07 Å². The molecule has 1 aromatic heterocycles. The van der Waals surface area contributed by atoms with Gasteiger partial charge in [0.05, 0.1) is 20.8 Å². The fourth-order valence-corrected chi connectivity index (χ4v) is 4.18. The number of methoxy groups -OCH3 is 2. The van der Waals surface area contributed by atoms with Crippen LogP contribution in [0.3, 0.4) is 0 Å². The first kappa shape index (κ1) is 23.2. The first-order chi connectivity index (χ1) is 17.3. The van der Waals surface area contributed by atoms with Gasteiger partial charge in [-0.3, -0.25) is 4.79 Å². The Hall–Kier alpha value is -4.57. The van der Waals surface area contributed by atoms with Crippen molar-refractivity contribution in [1.29, 1.82) is 0 Å². The topological polar surface area (TPSA) is 148 Å². The third-order valence-electron chi connectivity index (χ3n) is 5.89. The predicted octanol–water partition coefficient (Wildman–Crippen LogP) is 3.47. The van der Waals surface area contributed by atoms with Crippen LogP contribution in [0.25, 0.3) is 22.3 Å². The molecule has 0 spiro atoms. The summed E-state index contributed by atoms with van der Waals surface area (Å²) in [6, 6.07) is 11.3. The molecule has 1 aliphatic rings. The Morgan fingerprint density at radius 3 is 2.39 bits per heavy atom. The van der Waals surface area contributed by atoms with Gasteiger partial charge in [0.25, 0.3) is 0 Å². The second kappa shape index (κ2) is 8.90. The number of hydrogen-bond donors (Lipinski definition) is 4. The van der Waals surface area contributed by atoms with Gasteiger partial charge in [-0.15, -0.1) is 0 Å². The zero-order valence-electron chi connectivity index (χ0n) is 19.2. The van der Waals surface area contributed by atoms with Gasteiger partial charge in [0.15, 0.2) is 40.6 Å². The highest BCUT2D eigenvalue weighted by molar-refractivity contribution is 5.86. The van der Waals surface area contributed by atoms with Crippen molar-refractivity contribution in [2.24, 2.45) is 0 Å². The number of aromatic hydroxyl groups is 3. The third kappa shape index (κ3) is 3.87. The van der Waals surface area contributed by atoms with E-state index in [0.717, 1.165) is 6.07 Å². The van der Waals surface area contributed by atoms with E-state index in [1.807, 2.05) is 0 Å². The summed E-state index contributed by atoms with van der Waals surface area (Å²) in [6.07, 6.45) is -1.56. The van der Waals surface area contributed by atoms with Crippen LogP contribution < -0.4 is 24.4 Å². The summed E-state index contributed by atoms with van der Waals surface area (Å²) in [5, 5.41) is 39.7. The zero-order valence-corrected chi connectivity index (χ0v) is 19.2. The van der Waals surface area contributed by atoms with Crippen LogP contribution in [-0.2, 0) is 0 Å². The van der Waals surface area contributed by atoms with Crippen LogP contribution in [0.1, 0.15) is 11.7 Å². The van der Waals surface area contributed by atoms with E-state index in [4.69, 9.17) is 23.4 Å². The molecule has 0 aliphatic carbocycles. The maximum Gasteiger partial charge on any atom is 0.204 e. The van der Waals surface area contributed by atoms with E-state index < -0.39 is 23.4 Å². The number of phenols is 3. The van der Waals surface area contributed by atoms with Crippen molar-refractivity contribution >= 4 is 11.0 Å². The molecule has 0 bridgehead atoms. The Labute approximate surface area is 204 Å². The number of benzene rings is 3. The van der Waals surface area contributed by atoms with Gasteiger partial charge in [-0.25, -0.2) is 0 Å². The van der Waals surface area contributed by atoms with Crippen LogP contribution >= 0.6 is 0 Å². The molecule has 0 amide bonds. The maximum atomic E-state index is 12.7. The molecule has 5 rings (SSSR count). The minimum atomic E-state index is -0.795. The molecule has 1 aliphatic heterocycles. The second-order valence-electron chi connectivity index (χ2n) is 8.13. The van der Waals surface area contributed by atoms with Gasteiger partial charge in [0.1, 0.15) is 28.2 Å². The molecule has 0 radical (unpaired) electrons. The minimum absolute atomic E-state index is 0.00161. The van der Waals surface area contributed by atoms with E-state index in [2.05, 4.69) is 0 Å². The maximum absolute atomic E-state index is 12.7. The highest BCUT2D eigenvalue weighted by atomic mass is 16.6. The molecule has 2 atom stereocenters. The molecule has 2 unspecified atom stereocenters. The fraction of sp³-hybridized carbons (Fsp3) is 0.192. The average molecular weight is 494 g/mol. The number of aliphatic hydroxyl groups is 1. The van der Waals surface area contributed by atoms with Gasteiger partial charge < -0.3 is 43.8 Å². The van der Waals surface area contributed by atoms with Crippen molar-refractivity contribution in [3.05, 3.63) is 64.3 Å². The summed E-state index contributed by atoms with van der Waals surface area (Å²) < 4.78 is 28.7. The van der Waals surface area contributed by atoms with Crippen LogP contribution in [0.5, 0.6) is 40.2 Å². The van der Waals surface area contributed by atoms with E-state index >= 15 is 0 Å². The monoisotopic (exact) mass is 494 g/mol. The quantitative estimate of drug-likeness (QED) is 0.325. The van der Waals surface area contributed by atoms with Crippen LogP contribution in [-0.4, -0.2) is 47.4 Å². The van der Waals surface area contributed by atoms with Crippen molar-refractivity contribution in [3.63, 3.8) is 0 Å². The van der Waals surface area contributed by atoms with Gasteiger partial charge in [-0.2, -0.15) is 0 Å². The Bertz CT molecular complexity index is 1520. The zero-order chi connectivity index (χ0) is 25.6. The van der Waals surface area contributed by atoms with Gasteiger partial charge in [0.2, 0.25) is 5.75 Å².